The van der Waals surface area contributed by atoms with Gasteiger partial charge in [-0.3, -0.25) is 0 Å². The van der Waals surface area contributed by atoms with Crippen LogP contribution in [0.4, 0.5) is 24.7 Å². The number of nitrogens with zero attached hydrogens (tertiary/aromatic N) is 2. The summed E-state index contributed by atoms with van der Waals surface area (Å²) < 4.78 is 37.9. The number of hydrogen-bond donors (Lipinski definition) is 2. The van der Waals surface area contributed by atoms with Crippen molar-refractivity contribution < 1.29 is 13.2 Å². The molecule has 1 aromatic carbocycles. The Labute approximate surface area is 124 Å². The Morgan fingerprint density at radius 3 is 2.67 bits per heavy atom. The van der Waals surface area contributed by atoms with Crippen LogP contribution in [-0.4, -0.2) is 9.97 Å². The van der Waals surface area contributed by atoms with E-state index >= 15 is 0 Å². The summed E-state index contributed by atoms with van der Waals surface area (Å²) in [6, 6.07) is 5.01. The van der Waals surface area contributed by atoms with Gasteiger partial charge in [0.1, 0.15) is 0 Å². The molecule has 0 amide bonds. The van der Waals surface area contributed by atoms with Gasteiger partial charge in [0, 0.05) is 6.54 Å². The van der Waals surface area contributed by atoms with Crippen LogP contribution in [0.5, 0.6) is 0 Å². The smallest absolute Gasteiger partial charge is 0.394 e. The standard InChI is InChI=1S/C13H12ClF3N4/c1-7-10(18)11(21-12(14)20-7)19-6-8-3-2-4-9(5-8)13(15,16)17/h2-5H,6,18H2,1H3,(H,19,20,21). The Morgan fingerprint density at radius 1 is 1.29 bits per heavy atom. The lowest BCUT2D eigenvalue weighted by Gasteiger charge is -2.12. The van der Waals surface area contributed by atoms with Crippen molar-refractivity contribution in [2.45, 2.75) is 19.6 Å². The first-order chi connectivity index (χ1) is 9.77. The predicted octanol–water partition coefficient (Wildman–Crippen LogP) is 3.65. The van der Waals surface area contributed by atoms with E-state index in [0.717, 1.165) is 12.1 Å². The molecule has 1 heterocycles. The van der Waals surface area contributed by atoms with E-state index in [1.807, 2.05) is 0 Å². The average Bonchev–Trinajstić information content (AvgIpc) is 2.40. The second-order valence-electron chi connectivity index (χ2n) is 4.39. The molecule has 1 aromatic heterocycles. The Hall–Kier alpha value is -2.02. The highest BCUT2D eigenvalue weighted by molar-refractivity contribution is 6.28. The molecule has 0 bridgehead atoms. The van der Waals surface area contributed by atoms with Gasteiger partial charge in [0.2, 0.25) is 5.28 Å². The van der Waals surface area contributed by atoms with Crippen molar-refractivity contribution in [2.75, 3.05) is 11.1 Å². The van der Waals surface area contributed by atoms with Crippen LogP contribution in [0.15, 0.2) is 24.3 Å². The summed E-state index contributed by atoms with van der Waals surface area (Å²) >= 11 is 5.72. The van der Waals surface area contributed by atoms with Crippen LogP contribution in [0, 0.1) is 6.92 Å². The Bertz CT molecular complexity index is 658. The summed E-state index contributed by atoms with van der Waals surface area (Å²) in [7, 11) is 0. The highest BCUT2D eigenvalue weighted by Crippen LogP contribution is 2.29. The van der Waals surface area contributed by atoms with Crippen molar-refractivity contribution in [1.82, 2.24) is 9.97 Å². The number of nitrogen functional groups attached to an aromatic ring is 1. The molecule has 21 heavy (non-hydrogen) atoms. The van der Waals surface area contributed by atoms with Crippen LogP contribution in [0.3, 0.4) is 0 Å². The van der Waals surface area contributed by atoms with Gasteiger partial charge in [0.05, 0.1) is 16.9 Å². The first-order valence-electron chi connectivity index (χ1n) is 5.97. The van der Waals surface area contributed by atoms with Crippen molar-refractivity contribution in [3.63, 3.8) is 0 Å². The number of nitrogens with one attached hydrogen (secondary N) is 1. The summed E-state index contributed by atoms with van der Waals surface area (Å²) in [5.41, 5.74) is 6.35. The third-order valence-corrected chi connectivity index (χ3v) is 2.99. The zero-order valence-corrected chi connectivity index (χ0v) is 11.8. The van der Waals surface area contributed by atoms with Gasteiger partial charge in [-0.05, 0) is 36.2 Å². The Morgan fingerprint density at radius 2 is 2.00 bits per heavy atom. The Kier molecular flexibility index (Phi) is 4.22. The van der Waals surface area contributed by atoms with Crippen molar-refractivity contribution in [2.24, 2.45) is 0 Å². The van der Waals surface area contributed by atoms with Gasteiger partial charge in [-0.2, -0.15) is 18.2 Å². The molecule has 3 N–H and O–H groups in total. The highest BCUT2D eigenvalue weighted by Gasteiger charge is 2.30. The van der Waals surface area contributed by atoms with Crippen molar-refractivity contribution in [3.05, 3.63) is 46.4 Å². The van der Waals surface area contributed by atoms with Gasteiger partial charge in [-0.15, -0.1) is 0 Å². The number of alkyl halides is 3. The quantitative estimate of drug-likeness (QED) is 0.848. The summed E-state index contributed by atoms with van der Waals surface area (Å²) in [6.45, 7) is 1.80. The van der Waals surface area contributed by atoms with E-state index in [-0.39, 0.29) is 11.8 Å². The first kappa shape index (κ1) is 15.4. The molecule has 2 aromatic rings. The summed E-state index contributed by atoms with van der Waals surface area (Å²) in [5, 5.41) is 2.88. The summed E-state index contributed by atoms with van der Waals surface area (Å²) in [6.07, 6.45) is -4.37. The van der Waals surface area contributed by atoms with Crippen LogP contribution in [0.1, 0.15) is 16.8 Å². The fourth-order valence-corrected chi connectivity index (χ4v) is 1.94. The van der Waals surface area contributed by atoms with E-state index in [0.29, 0.717) is 22.8 Å². The molecule has 2 rings (SSSR count). The third kappa shape index (κ3) is 3.75. The minimum absolute atomic E-state index is 0.0215. The molecular weight excluding hydrogens is 305 g/mol. The fourth-order valence-electron chi connectivity index (χ4n) is 1.73. The predicted molar refractivity (Wildman–Crippen MR) is 75.0 cm³/mol. The normalized spacial score (nSPS) is 11.5. The molecular formula is C13H12ClF3N4. The number of aromatic nitrogens is 2. The maximum absolute atomic E-state index is 12.6. The molecule has 0 saturated heterocycles. The lowest BCUT2D eigenvalue weighted by atomic mass is 10.1. The number of aryl methyl sites for hydroxylation is 1. The van der Waals surface area contributed by atoms with Gasteiger partial charge in [-0.25, -0.2) is 4.98 Å². The van der Waals surface area contributed by atoms with Gasteiger partial charge < -0.3 is 11.1 Å². The first-order valence-corrected chi connectivity index (χ1v) is 6.35. The summed E-state index contributed by atoms with van der Waals surface area (Å²) in [4.78, 5) is 7.79. The molecule has 8 heteroatoms. The van der Waals surface area contributed by atoms with Gasteiger partial charge in [-0.1, -0.05) is 12.1 Å². The zero-order valence-electron chi connectivity index (χ0n) is 11.0. The number of benzene rings is 1. The van der Waals surface area contributed by atoms with Crippen LogP contribution >= 0.6 is 11.6 Å². The van der Waals surface area contributed by atoms with Gasteiger partial charge in [0.15, 0.2) is 5.82 Å². The van der Waals surface area contributed by atoms with Crippen LogP contribution < -0.4 is 11.1 Å². The minimum atomic E-state index is -4.37. The molecule has 0 saturated carbocycles. The lowest BCUT2D eigenvalue weighted by Crippen LogP contribution is -2.09. The van der Waals surface area contributed by atoms with E-state index in [2.05, 4.69) is 15.3 Å². The van der Waals surface area contributed by atoms with E-state index in [4.69, 9.17) is 17.3 Å². The van der Waals surface area contributed by atoms with Crippen molar-refractivity contribution in [3.8, 4) is 0 Å². The van der Waals surface area contributed by atoms with Crippen LogP contribution in [0.2, 0.25) is 5.28 Å². The van der Waals surface area contributed by atoms with E-state index in [1.165, 1.54) is 6.07 Å². The highest BCUT2D eigenvalue weighted by atomic mass is 35.5. The fraction of sp³-hybridized carbons (Fsp3) is 0.231. The summed E-state index contributed by atoms with van der Waals surface area (Å²) in [5.74, 6) is 0.296. The van der Waals surface area contributed by atoms with Crippen LogP contribution in [-0.2, 0) is 12.7 Å². The molecule has 0 radical (unpaired) electrons. The molecule has 0 spiro atoms. The molecule has 0 atom stereocenters. The average molecular weight is 317 g/mol. The zero-order chi connectivity index (χ0) is 15.6. The topological polar surface area (TPSA) is 63.8 Å². The maximum Gasteiger partial charge on any atom is 0.416 e. The number of halogens is 4. The molecule has 4 nitrogen and oxygen atoms in total. The SMILES string of the molecule is Cc1nc(Cl)nc(NCc2cccc(C(F)(F)F)c2)c1N. The molecule has 0 aliphatic heterocycles. The van der Waals surface area contributed by atoms with E-state index < -0.39 is 11.7 Å². The minimum Gasteiger partial charge on any atom is -0.394 e. The monoisotopic (exact) mass is 316 g/mol. The maximum atomic E-state index is 12.6. The van der Waals surface area contributed by atoms with E-state index in [1.54, 1.807) is 13.0 Å². The van der Waals surface area contributed by atoms with Gasteiger partial charge in [0.25, 0.3) is 0 Å². The number of hydrogen-bond acceptors (Lipinski definition) is 4. The molecule has 0 fully saturated rings. The number of nitrogens with two attached hydrogens (primary N) is 1. The lowest BCUT2D eigenvalue weighted by molar-refractivity contribution is -0.137. The molecule has 0 unspecified atom stereocenters. The van der Waals surface area contributed by atoms with Gasteiger partial charge >= 0.3 is 6.18 Å². The molecule has 112 valence electrons. The largest absolute Gasteiger partial charge is 0.416 e. The number of rotatable bonds is 3. The molecule has 0 aliphatic rings. The van der Waals surface area contributed by atoms with Crippen molar-refractivity contribution >= 4 is 23.1 Å². The van der Waals surface area contributed by atoms with Crippen LogP contribution in [0.25, 0.3) is 0 Å². The van der Waals surface area contributed by atoms with Crippen molar-refractivity contribution in [1.29, 1.82) is 0 Å². The second-order valence-corrected chi connectivity index (χ2v) is 4.73. The molecule has 0 aliphatic carbocycles. The number of anilines is 2. The third-order valence-electron chi connectivity index (χ3n) is 2.82. The Balaban J connectivity index is 2.17. The second kappa shape index (κ2) is 5.77. The van der Waals surface area contributed by atoms with E-state index in [9.17, 15) is 13.2 Å².